The summed E-state index contributed by atoms with van der Waals surface area (Å²) >= 11 is 3.15. The zero-order valence-corrected chi connectivity index (χ0v) is 14.0. The van der Waals surface area contributed by atoms with Gasteiger partial charge in [-0.25, -0.2) is 13.6 Å². The summed E-state index contributed by atoms with van der Waals surface area (Å²) in [6.07, 6.45) is 0. The lowest BCUT2D eigenvalue weighted by atomic mass is 10.2. The van der Waals surface area contributed by atoms with Crippen LogP contribution in [0.1, 0.15) is 17.3 Å². The average molecular weight is 377 g/mol. The van der Waals surface area contributed by atoms with Crippen molar-refractivity contribution >= 4 is 31.9 Å². The molecule has 3 N–H and O–H groups in total. The highest BCUT2D eigenvalue weighted by molar-refractivity contribution is 9.10. The van der Waals surface area contributed by atoms with E-state index in [2.05, 4.69) is 27.8 Å². The zero-order chi connectivity index (χ0) is 16.0. The number of rotatable bonds is 7. The standard InChI is InChI=1S/C13H17BrN2O4S/c1-9(2)8-20-4-3-16-13(17)10-5-11(14)7-12(6-10)21(15,18)19/h5-7H,1,3-4,8H2,2H3,(H,16,17)(H2,15,18,19). The van der Waals surface area contributed by atoms with Crippen LogP contribution >= 0.6 is 15.9 Å². The van der Waals surface area contributed by atoms with Gasteiger partial charge in [-0.05, 0) is 25.1 Å². The summed E-state index contributed by atoms with van der Waals surface area (Å²) in [6, 6.07) is 4.07. The smallest absolute Gasteiger partial charge is 0.251 e. The fraction of sp³-hybridized carbons (Fsp3) is 0.308. The fourth-order valence-corrected chi connectivity index (χ4v) is 2.67. The molecular weight excluding hydrogens is 360 g/mol. The molecule has 1 amide bonds. The Labute approximate surface area is 132 Å². The van der Waals surface area contributed by atoms with Gasteiger partial charge in [0.25, 0.3) is 5.91 Å². The second-order valence-corrected chi connectivity index (χ2v) is 6.96. The maximum absolute atomic E-state index is 11.9. The van der Waals surface area contributed by atoms with Crippen LogP contribution < -0.4 is 10.5 Å². The summed E-state index contributed by atoms with van der Waals surface area (Å²) in [4.78, 5) is 11.8. The molecule has 1 rings (SSSR count). The molecule has 0 heterocycles. The molecule has 1 aromatic carbocycles. The summed E-state index contributed by atoms with van der Waals surface area (Å²) in [5.74, 6) is -0.403. The molecule has 116 valence electrons. The number of halogens is 1. The zero-order valence-electron chi connectivity index (χ0n) is 11.6. The van der Waals surface area contributed by atoms with Gasteiger partial charge >= 0.3 is 0 Å². The SMILES string of the molecule is C=C(C)COCCNC(=O)c1cc(Br)cc(S(N)(=O)=O)c1. The first-order valence-corrected chi connectivity index (χ1v) is 8.38. The topological polar surface area (TPSA) is 98.5 Å². The van der Waals surface area contributed by atoms with Gasteiger partial charge in [-0.1, -0.05) is 28.1 Å². The van der Waals surface area contributed by atoms with Crippen LogP contribution in [0.3, 0.4) is 0 Å². The molecule has 0 fully saturated rings. The number of carbonyl (C=O) groups is 1. The second kappa shape index (κ2) is 7.69. The molecular formula is C13H17BrN2O4S. The molecule has 0 aliphatic rings. The van der Waals surface area contributed by atoms with Crippen molar-refractivity contribution in [3.05, 3.63) is 40.4 Å². The number of nitrogens with two attached hydrogens (primary N) is 1. The summed E-state index contributed by atoms with van der Waals surface area (Å²) in [5, 5.41) is 7.68. The van der Waals surface area contributed by atoms with E-state index in [1.807, 2.05) is 6.92 Å². The highest BCUT2D eigenvalue weighted by Gasteiger charge is 2.13. The molecule has 0 unspecified atom stereocenters. The first-order valence-electron chi connectivity index (χ1n) is 6.04. The summed E-state index contributed by atoms with van der Waals surface area (Å²) in [5.41, 5.74) is 1.10. The van der Waals surface area contributed by atoms with Crippen molar-refractivity contribution in [2.45, 2.75) is 11.8 Å². The van der Waals surface area contributed by atoms with E-state index in [0.29, 0.717) is 24.2 Å². The Morgan fingerprint density at radius 3 is 2.67 bits per heavy atom. The van der Waals surface area contributed by atoms with E-state index in [0.717, 1.165) is 5.57 Å². The van der Waals surface area contributed by atoms with Crippen molar-refractivity contribution in [3.63, 3.8) is 0 Å². The Hall–Kier alpha value is -1.22. The number of carbonyl (C=O) groups excluding carboxylic acids is 1. The molecule has 6 nitrogen and oxygen atoms in total. The Bertz CT molecular complexity index is 644. The van der Waals surface area contributed by atoms with E-state index in [1.54, 1.807) is 0 Å². The summed E-state index contributed by atoms with van der Waals surface area (Å²) in [7, 11) is -3.86. The van der Waals surface area contributed by atoms with Crippen LogP contribution in [0.4, 0.5) is 0 Å². The molecule has 0 aliphatic carbocycles. The molecule has 0 spiro atoms. The Balaban J connectivity index is 2.66. The lowest BCUT2D eigenvalue weighted by molar-refractivity contribution is 0.0926. The van der Waals surface area contributed by atoms with Crippen molar-refractivity contribution < 1.29 is 17.9 Å². The van der Waals surface area contributed by atoms with Crippen molar-refractivity contribution in [1.82, 2.24) is 5.32 Å². The van der Waals surface area contributed by atoms with E-state index in [1.165, 1.54) is 18.2 Å². The Kier molecular flexibility index (Phi) is 6.53. The van der Waals surface area contributed by atoms with Crippen molar-refractivity contribution in [1.29, 1.82) is 0 Å². The van der Waals surface area contributed by atoms with Gasteiger partial charge in [0.1, 0.15) is 0 Å². The Morgan fingerprint density at radius 1 is 1.43 bits per heavy atom. The highest BCUT2D eigenvalue weighted by Crippen LogP contribution is 2.18. The highest BCUT2D eigenvalue weighted by atomic mass is 79.9. The number of hydrogen-bond acceptors (Lipinski definition) is 4. The molecule has 8 heteroatoms. The van der Waals surface area contributed by atoms with Crippen LogP contribution in [0.2, 0.25) is 0 Å². The van der Waals surface area contributed by atoms with E-state index in [-0.39, 0.29) is 10.5 Å². The maximum atomic E-state index is 11.9. The molecule has 0 bridgehead atoms. The number of primary sulfonamides is 1. The molecule has 0 radical (unpaired) electrons. The van der Waals surface area contributed by atoms with Crippen LogP contribution in [0, 0.1) is 0 Å². The number of benzene rings is 1. The van der Waals surface area contributed by atoms with E-state index < -0.39 is 15.9 Å². The largest absolute Gasteiger partial charge is 0.375 e. The van der Waals surface area contributed by atoms with Crippen LogP contribution in [0.5, 0.6) is 0 Å². The molecule has 1 aromatic rings. The van der Waals surface area contributed by atoms with E-state index in [9.17, 15) is 13.2 Å². The molecule has 21 heavy (non-hydrogen) atoms. The normalized spacial score (nSPS) is 11.2. The molecule has 0 aliphatic heterocycles. The summed E-state index contributed by atoms with van der Waals surface area (Å²) < 4.78 is 28.3. The first kappa shape index (κ1) is 17.8. The number of amides is 1. The van der Waals surface area contributed by atoms with E-state index in [4.69, 9.17) is 9.88 Å². The third kappa shape index (κ3) is 6.38. The minimum Gasteiger partial charge on any atom is -0.375 e. The third-order valence-electron chi connectivity index (χ3n) is 2.34. The first-order chi connectivity index (χ1) is 9.70. The second-order valence-electron chi connectivity index (χ2n) is 4.49. The van der Waals surface area contributed by atoms with Crippen LogP contribution in [0.25, 0.3) is 0 Å². The monoisotopic (exact) mass is 376 g/mol. The van der Waals surface area contributed by atoms with E-state index >= 15 is 0 Å². The Morgan fingerprint density at radius 2 is 2.10 bits per heavy atom. The molecule has 0 saturated carbocycles. The number of hydrogen-bond donors (Lipinski definition) is 2. The van der Waals surface area contributed by atoms with Gasteiger partial charge in [0.2, 0.25) is 10.0 Å². The quantitative estimate of drug-likeness (QED) is 0.555. The fourth-order valence-electron chi connectivity index (χ4n) is 1.44. The van der Waals surface area contributed by atoms with Crippen LogP contribution in [-0.4, -0.2) is 34.1 Å². The average Bonchev–Trinajstić information content (AvgIpc) is 2.36. The van der Waals surface area contributed by atoms with Gasteiger partial charge < -0.3 is 10.1 Å². The number of ether oxygens (including phenoxy) is 1. The van der Waals surface area contributed by atoms with Gasteiger partial charge in [-0.3, -0.25) is 4.79 Å². The molecule has 0 saturated heterocycles. The van der Waals surface area contributed by atoms with Crippen molar-refractivity contribution in [2.24, 2.45) is 5.14 Å². The number of sulfonamides is 1. The maximum Gasteiger partial charge on any atom is 0.251 e. The minimum atomic E-state index is -3.86. The third-order valence-corrected chi connectivity index (χ3v) is 3.69. The molecule has 0 atom stereocenters. The summed E-state index contributed by atoms with van der Waals surface area (Å²) in [6.45, 7) is 6.62. The van der Waals surface area contributed by atoms with Crippen molar-refractivity contribution in [2.75, 3.05) is 19.8 Å². The van der Waals surface area contributed by atoms with Gasteiger partial charge in [-0.15, -0.1) is 0 Å². The van der Waals surface area contributed by atoms with Crippen LogP contribution in [-0.2, 0) is 14.8 Å². The predicted molar refractivity (Wildman–Crippen MR) is 83.5 cm³/mol. The lowest BCUT2D eigenvalue weighted by Crippen LogP contribution is -2.27. The number of nitrogens with one attached hydrogen (secondary N) is 1. The van der Waals surface area contributed by atoms with Crippen LogP contribution in [0.15, 0.2) is 39.7 Å². The van der Waals surface area contributed by atoms with Gasteiger partial charge in [0, 0.05) is 16.6 Å². The minimum absolute atomic E-state index is 0.124. The lowest BCUT2D eigenvalue weighted by Gasteiger charge is -2.08. The molecule has 0 aromatic heterocycles. The van der Waals surface area contributed by atoms with Gasteiger partial charge in [-0.2, -0.15) is 0 Å². The van der Waals surface area contributed by atoms with Gasteiger partial charge in [0.05, 0.1) is 18.1 Å². The van der Waals surface area contributed by atoms with Gasteiger partial charge in [0.15, 0.2) is 0 Å². The predicted octanol–water partition coefficient (Wildman–Crippen LogP) is 1.42. The van der Waals surface area contributed by atoms with Crippen molar-refractivity contribution in [3.8, 4) is 0 Å².